The van der Waals surface area contributed by atoms with Gasteiger partial charge in [-0.25, -0.2) is 0 Å². The van der Waals surface area contributed by atoms with E-state index in [0.717, 1.165) is 25.4 Å². The summed E-state index contributed by atoms with van der Waals surface area (Å²) >= 11 is 0. The van der Waals surface area contributed by atoms with Gasteiger partial charge in [-0.2, -0.15) is 0 Å². The molecule has 20 heavy (non-hydrogen) atoms. The molecule has 108 valence electrons. The van der Waals surface area contributed by atoms with Gasteiger partial charge in [0.15, 0.2) is 0 Å². The van der Waals surface area contributed by atoms with Crippen molar-refractivity contribution in [2.24, 2.45) is 11.7 Å². The van der Waals surface area contributed by atoms with Crippen LogP contribution < -0.4 is 10.5 Å². The van der Waals surface area contributed by atoms with Crippen LogP contribution in [-0.4, -0.2) is 42.8 Å². The quantitative estimate of drug-likeness (QED) is 0.802. The Morgan fingerprint density at radius 1 is 1.50 bits per heavy atom. The zero-order valence-electron chi connectivity index (χ0n) is 11.9. The molecule has 1 aromatic rings. The van der Waals surface area contributed by atoms with Crippen molar-refractivity contribution in [1.29, 1.82) is 5.41 Å². The topological polar surface area (TPSA) is 75.2 Å². The summed E-state index contributed by atoms with van der Waals surface area (Å²) in [4.78, 5) is 6.62. The van der Waals surface area contributed by atoms with E-state index in [4.69, 9.17) is 15.9 Å². The van der Waals surface area contributed by atoms with Gasteiger partial charge in [0.1, 0.15) is 5.75 Å². The molecule has 1 fully saturated rings. The van der Waals surface area contributed by atoms with Crippen molar-refractivity contribution in [3.8, 4) is 5.75 Å². The second-order valence-corrected chi connectivity index (χ2v) is 5.20. The van der Waals surface area contributed by atoms with Crippen molar-refractivity contribution in [2.75, 3.05) is 26.7 Å². The lowest BCUT2D eigenvalue weighted by Gasteiger charge is -2.28. The van der Waals surface area contributed by atoms with Crippen LogP contribution >= 0.6 is 0 Å². The lowest BCUT2D eigenvalue weighted by atomic mass is 9.98. The Bertz CT molecular complexity index is 461. The molecule has 0 saturated carbocycles. The monoisotopic (exact) mass is 274 g/mol. The Balaban J connectivity index is 1.86. The Labute approximate surface area is 120 Å². The first-order chi connectivity index (χ1) is 9.72. The standard InChI is InChI=1S/C15H22N4O/c1-19-6-4-12(5-7-19)11-20-14-2-3-15(18-10-14)13(8-16)9-17/h2-3,8-10,12,16H,4-7,11,17H2,1H3/b13-9+,16-8?. The Morgan fingerprint density at radius 3 is 2.80 bits per heavy atom. The molecule has 5 heteroatoms. The molecule has 0 unspecified atom stereocenters. The number of piperidine rings is 1. The SMILES string of the molecule is CN1CCC(COc2ccc(/C(C=N)=C/N)nc2)CC1. The van der Waals surface area contributed by atoms with Crippen LogP contribution in [0.2, 0.25) is 0 Å². The molecular formula is C15H22N4O. The number of allylic oxidation sites excluding steroid dienone is 1. The molecule has 0 aliphatic carbocycles. The molecular weight excluding hydrogens is 252 g/mol. The lowest BCUT2D eigenvalue weighted by Crippen LogP contribution is -2.32. The number of pyridine rings is 1. The van der Waals surface area contributed by atoms with E-state index < -0.39 is 0 Å². The summed E-state index contributed by atoms with van der Waals surface area (Å²) in [5.41, 5.74) is 6.72. The van der Waals surface area contributed by atoms with E-state index in [0.29, 0.717) is 17.2 Å². The van der Waals surface area contributed by atoms with Gasteiger partial charge in [-0.15, -0.1) is 0 Å². The largest absolute Gasteiger partial charge is 0.492 e. The van der Waals surface area contributed by atoms with Gasteiger partial charge in [0.05, 0.1) is 18.5 Å². The Kier molecular flexibility index (Phi) is 5.12. The highest BCUT2D eigenvalue weighted by atomic mass is 16.5. The zero-order valence-corrected chi connectivity index (χ0v) is 11.9. The maximum Gasteiger partial charge on any atom is 0.137 e. The highest BCUT2D eigenvalue weighted by Gasteiger charge is 2.17. The maximum absolute atomic E-state index is 7.23. The number of nitrogens with one attached hydrogen (secondary N) is 1. The van der Waals surface area contributed by atoms with Gasteiger partial charge in [-0.05, 0) is 51.0 Å². The molecule has 0 radical (unpaired) electrons. The fraction of sp³-hybridized carbons (Fsp3) is 0.467. The normalized spacial score (nSPS) is 17.9. The predicted octanol–water partition coefficient (Wildman–Crippen LogP) is 1.75. The zero-order chi connectivity index (χ0) is 14.4. The molecule has 2 rings (SSSR count). The van der Waals surface area contributed by atoms with Gasteiger partial charge >= 0.3 is 0 Å². The van der Waals surface area contributed by atoms with Crippen molar-refractivity contribution >= 4 is 11.8 Å². The maximum atomic E-state index is 7.23. The minimum absolute atomic E-state index is 0.604. The van der Waals surface area contributed by atoms with Crippen LogP contribution in [0.3, 0.4) is 0 Å². The molecule has 0 aromatic carbocycles. The highest BCUT2D eigenvalue weighted by molar-refractivity contribution is 6.07. The number of hydrogen-bond acceptors (Lipinski definition) is 5. The van der Waals surface area contributed by atoms with Crippen molar-refractivity contribution in [3.63, 3.8) is 0 Å². The van der Waals surface area contributed by atoms with E-state index in [1.807, 2.05) is 12.1 Å². The third kappa shape index (κ3) is 3.81. The van der Waals surface area contributed by atoms with E-state index in [1.165, 1.54) is 25.3 Å². The van der Waals surface area contributed by atoms with Gasteiger partial charge in [-0.3, -0.25) is 4.98 Å². The minimum atomic E-state index is 0.604. The second-order valence-electron chi connectivity index (χ2n) is 5.20. The third-order valence-corrected chi connectivity index (χ3v) is 3.69. The molecule has 0 bridgehead atoms. The van der Waals surface area contributed by atoms with E-state index in [2.05, 4.69) is 16.9 Å². The predicted molar refractivity (Wildman–Crippen MR) is 80.9 cm³/mol. The number of hydrogen-bond donors (Lipinski definition) is 2. The second kappa shape index (κ2) is 7.05. The van der Waals surface area contributed by atoms with Crippen molar-refractivity contribution in [1.82, 2.24) is 9.88 Å². The van der Waals surface area contributed by atoms with Crippen LogP contribution in [0.15, 0.2) is 24.5 Å². The minimum Gasteiger partial charge on any atom is -0.492 e. The fourth-order valence-electron chi connectivity index (χ4n) is 2.29. The molecule has 0 amide bonds. The van der Waals surface area contributed by atoms with Gasteiger partial charge in [0.2, 0.25) is 0 Å². The number of ether oxygens (including phenoxy) is 1. The first kappa shape index (κ1) is 14.5. The summed E-state index contributed by atoms with van der Waals surface area (Å²) < 4.78 is 5.79. The smallest absolute Gasteiger partial charge is 0.137 e. The average Bonchev–Trinajstić information content (AvgIpc) is 2.49. The van der Waals surface area contributed by atoms with Gasteiger partial charge in [0, 0.05) is 18.0 Å². The van der Waals surface area contributed by atoms with E-state index >= 15 is 0 Å². The third-order valence-electron chi connectivity index (χ3n) is 3.69. The fourth-order valence-corrected chi connectivity index (χ4v) is 2.29. The highest BCUT2D eigenvalue weighted by Crippen LogP contribution is 2.19. The Morgan fingerprint density at radius 2 is 2.25 bits per heavy atom. The molecule has 1 aliphatic heterocycles. The van der Waals surface area contributed by atoms with Crippen LogP contribution in [0.1, 0.15) is 18.5 Å². The molecule has 0 atom stereocenters. The Hall–Kier alpha value is -1.88. The average molecular weight is 274 g/mol. The first-order valence-electron chi connectivity index (χ1n) is 6.93. The van der Waals surface area contributed by atoms with E-state index in [1.54, 1.807) is 6.20 Å². The van der Waals surface area contributed by atoms with Gasteiger partial charge < -0.3 is 20.8 Å². The van der Waals surface area contributed by atoms with Crippen molar-refractivity contribution < 1.29 is 4.74 Å². The summed E-state index contributed by atoms with van der Waals surface area (Å²) in [6.45, 7) is 3.05. The molecule has 1 aliphatic rings. The van der Waals surface area contributed by atoms with Crippen molar-refractivity contribution in [2.45, 2.75) is 12.8 Å². The van der Waals surface area contributed by atoms with Gasteiger partial charge in [0.25, 0.3) is 0 Å². The summed E-state index contributed by atoms with van der Waals surface area (Å²) in [5, 5.41) is 7.23. The van der Waals surface area contributed by atoms with Crippen LogP contribution in [-0.2, 0) is 0 Å². The number of nitrogens with two attached hydrogens (primary N) is 1. The summed E-state index contributed by atoms with van der Waals surface area (Å²) in [6.07, 6.45) is 6.65. The first-order valence-corrected chi connectivity index (χ1v) is 6.93. The summed E-state index contributed by atoms with van der Waals surface area (Å²) in [5.74, 6) is 1.40. The molecule has 5 nitrogen and oxygen atoms in total. The van der Waals surface area contributed by atoms with E-state index in [9.17, 15) is 0 Å². The lowest BCUT2D eigenvalue weighted by molar-refractivity contribution is 0.160. The molecule has 0 spiro atoms. The molecule has 1 saturated heterocycles. The molecule has 3 N–H and O–H groups in total. The molecule has 2 heterocycles. The number of nitrogens with zero attached hydrogens (tertiary/aromatic N) is 2. The van der Waals surface area contributed by atoms with Crippen LogP contribution in [0.5, 0.6) is 5.75 Å². The summed E-state index contributed by atoms with van der Waals surface area (Å²) in [7, 11) is 2.16. The number of likely N-dealkylation sites (tertiary alicyclic amines) is 1. The van der Waals surface area contributed by atoms with Crippen LogP contribution in [0, 0.1) is 11.3 Å². The van der Waals surface area contributed by atoms with Crippen LogP contribution in [0.4, 0.5) is 0 Å². The van der Waals surface area contributed by atoms with Crippen LogP contribution in [0.25, 0.3) is 5.57 Å². The van der Waals surface area contributed by atoms with E-state index in [-0.39, 0.29) is 0 Å². The number of aromatic nitrogens is 1. The summed E-state index contributed by atoms with van der Waals surface area (Å²) in [6, 6.07) is 3.71. The van der Waals surface area contributed by atoms with Crippen molar-refractivity contribution in [3.05, 3.63) is 30.2 Å². The molecule has 1 aromatic heterocycles. The van der Waals surface area contributed by atoms with Gasteiger partial charge in [-0.1, -0.05) is 0 Å². The number of rotatable bonds is 5.